The molecule has 0 saturated heterocycles. The first-order valence-electron chi connectivity index (χ1n) is 9.57. The SMILES string of the molecule is CC[C@H](C(=O)NC)N(Cc1ccc(F)cc1)C(=O)CN(C)S(=O)(=O)c1ccc(Cl)cc1. The van der Waals surface area contributed by atoms with Gasteiger partial charge in [-0.25, -0.2) is 12.8 Å². The molecule has 0 spiro atoms. The molecule has 0 fully saturated rings. The topological polar surface area (TPSA) is 86.8 Å². The van der Waals surface area contributed by atoms with Crippen molar-refractivity contribution in [2.45, 2.75) is 30.8 Å². The van der Waals surface area contributed by atoms with Crippen molar-refractivity contribution in [1.82, 2.24) is 14.5 Å². The van der Waals surface area contributed by atoms with Gasteiger partial charge in [0.15, 0.2) is 0 Å². The summed E-state index contributed by atoms with van der Waals surface area (Å²) in [5.74, 6) is -1.35. The molecule has 1 atom stereocenters. The van der Waals surface area contributed by atoms with Crippen molar-refractivity contribution >= 4 is 33.4 Å². The second-order valence-electron chi connectivity index (χ2n) is 6.90. The van der Waals surface area contributed by atoms with Gasteiger partial charge in [-0.05, 0) is 48.4 Å². The van der Waals surface area contributed by atoms with Crippen LogP contribution in [0, 0.1) is 5.82 Å². The first kappa shape index (κ1) is 24.8. The molecule has 2 aromatic carbocycles. The van der Waals surface area contributed by atoms with Crippen LogP contribution in [0.25, 0.3) is 0 Å². The lowest BCUT2D eigenvalue weighted by atomic mass is 10.1. The molecule has 0 saturated carbocycles. The summed E-state index contributed by atoms with van der Waals surface area (Å²) in [6.07, 6.45) is 0.320. The van der Waals surface area contributed by atoms with Crippen LogP contribution in [0.3, 0.4) is 0 Å². The maximum absolute atomic E-state index is 13.3. The lowest BCUT2D eigenvalue weighted by Gasteiger charge is -2.31. The average Bonchev–Trinajstić information content (AvgIpc) is 2.74. The molecule has 0 radical (unpaired) electrons. The average molecular weight is 470 g/mol. The van der Waals surface area contributed by atoms with Gasteiger partial charge < -0.3 is 10.2 Å². The van der Waals surface area contributed by atoms with E-state index in [1.807, 2.05) is 0 Å². The monoisotopic (exact) mass is 469 g/mol. The standard InChI is InChI=1S/C21H25ClFN3O4S/c1-4-19(21(28)24-2)26(13-15-5-9-17(23)10-6-15)20(27)14-25(3)31(29,30)18-11-7-16(22)8-12-18/h5-12,19H,4,13-14H2,1-3H3,(H,24,28)/t19-/m1/s1. The van der Waals surface area contributed by atoms with Gasteiger partial charge in [-0.2, -0.15) is 4.31 Å². The van der Waals surface area contributed by atoms with E-state index in [2.05, 4.69) is 5.32 Å². The van der Waals surface area contributed by atoms with Gasteiger partial charge in [0.1, 0.15) is 11.9 Å². The van der Waals surface area contributed by atoms with E-state index in [1.54, 1.807) is 6.92 Å². The third-order valence-electron chi connectivity index (χ3n) is 4.78. The fourth-order valence-electron chi connectivity index (χ4n) is 3.03. The van der Waals surface area contributed by atoms with E-state index in [9.17, 15) is 22.4 Å². The number of sulfonamides is 1. The molecule has 1 N–H and O–H groups in total. The first-order chi connectivity index (χ1) is 14.6. The predicted molar refractivity (Wildman–Crippen MR) is 116 cm³/mol. The number of rotatable bonds is 9. The van der Waals surface area contributed by atoms with Crippen LogP contribution in [0.15, 0.2) is 53.4 Å². The maximum Gasteiger partial charge on any atom is 0.243 e. The molecular formula is C21H25ClFN3O4S. The molecule has 0 aliphatic rings. The minimum atomic E-state index is -3.94. The molecule has 0 aliphatic carbocycles. The summed E-state index contributed by atoms with van der Waals surface area (Å²) in [4.78, 5) is 26.8. The quantitative estimate of drug-likeness (QED) is 0.611. The van der Waals surface area contributed by atoms with Crippen molar-refractivity contribution in [3.63, 3.8) is 0 Å². The van der Waals surface area contributed by atoms with E-state index in [0.29, 0.717) is 17.0 Å². The normalized spacial score (nSPS) is 12.5. The Hall–Kier alpha value is -2.49. The molecular weight excluding hydrogens is 445 g/mol. The molecule has 0 aromatic heterocycles. The molecule has 0 unspecified atom stereocenters. The van der Waals surface area contributed by atoms with Crippen LogP contribution in [0.1, 0.15) is 18.9 Å². The van der Waals surface area contributed by atoms with Gasteiger partial charge in [0, 0.05) is 25.7 Å². The zero-order valence-corrected chi connectivity index (χ0v) is 19.1. The largest absolute Gasteiger partial charge is 0.357 e. The minimum absolute atomic E-state index is 0.00405. The Kier molecular flexibility index (Phi) is 8.55. The fraction of sp³-hybridized carbons (Fsp3) is 0.333. The second-order valence-corrected chi connectivity index (χ2v) is 9.38. The summed E-state index contributed by atoms with van der Waals surface area (Å²) in [5.41, 5.74) is 0.611. The Morgan fingerprint density at radius 3 is 2.19 bits per heavy atom. The lowest BCUT2D eigenvalue weighted by molar-refractivity contribution is -0.141. The van der Waals surface area contributed by atoms with Gasteiger partial charge in [0.2, 0.25) is 21.8 Å². The highest BCUT2D eigenvalue weighted by atomic mass is 35.5. The van der Waals surface area contributed by atoms with Crippen LogP contribution in [0.5, 0.6) is 0 Å². The Morgan fingerprint density at radius 2 is 1.68 bits per heavy atom. The van der Waals surface area contributed by atoms with Crippen molar-refractivity contribution in [2.75, 3.05) is 20.6 Å². The zero-order chi connectivity index (χ0) is 23.2. The van der Waals surface area contributed by atoms with E-state index in [0.717, 1.165) is 4.31 Å². The molecule has 31 heavy (non-hydrogen) atoms. The Balaban J connectivity index is 2.29. The second kappa shape index (κ2) is 10.7. The summed E-state index contributed by atoms with van der Waals surface area (Å²) in [7, 11) is -1.19. The van der Waals surface area contributed by atoms with Crippen molar-refractivity contribution in [3.05, 3.63) is 64.9 Å². The van der Waals surface area contributed by atoms with E-state index >= 15 is 0 Å². The fourth-order valence-corrected chi connectivity index (χ4v) is 4.27. The van der Waals surface area contributed by atoms with E-state index in [-0.39, 0.29) is 17.3 Å². The van der Waals surface area contributed by atoms with Gasteiger partial charge in [-0.3, -0.25) is 9.59 Å². The summed E-state index contributed by atoms with van der Waals surface area (Å²) < 4.78 is 39.8. The van der Waals surface area contributed by atoms with Gasteiger partial charge in [0.05, 0.1) is 11.4 Å². The van der Waals surface area contributed by atoms with Crippen LogP contribution < -0.4 is 5.32 Å². The van der Waals surface area contributed by atoms with E-state index in [1.165, 1.54) is 67.5 Å². The van der Waals surface area contributed by atoms with Crippen molar-refractivity contribution < 1.29 is 22.4 Å². The Bertz CT molecular complexity index is 1010. The first-order valence-corrected chi connectivity index (χ1v) is 11.4. The lowest BCUT2D eigenvalue weighted by Crippen LogP contribution is -2.51. The number of carbonyl (C=O) groups is 2. The van der Waals surface area contributed by atoms with Gasteiger partial charge in [-0.1, -0.05) is 30.7 Å². The molecule has 2 amide bonds. The van der Waals surface area contributed by atoms with Crippen LogP contribution in [0.4, 0.5) is 4.39 Å². The Labute approximate surface area is 186 Å². The maximum atomic E-state index is 13.3. The number of nitrogens with one attached hydrogen (secondary N) is 1. The highest BCUT2D eigenvalue weighted by molar-refractivity contribution is 7.89. The number of likely N-dealkylation sites (N-methyl/N-ethyl adjacent to an activating group) is 2. The van der Waals surface area contributed by atoms with Gasteiger partial charge in [-0.15, -0.1) is 0 Å². The predicted octanol–water partition coefficient (Wildman–Crippen LogP) is 2.65. The van der Waals surface area contributed by atoms with Crippen LogP contribution in [-0.4, -0.2) is 56.1 Å². The summed E-state index contributed by atoms with van der Waals surface area (Å²) in [5, 5.41) is 2.91. The van der Waals surface area contributed by atoms with Crippen molar-refractivity contribution in [1.29, 1.82) is 0 Å². The number of halogens is 2. The number of hydrogen-bond donors (Lipinski definition) is 1. The number of carbonyl (C=O) groups excluding carboxylic acids is 2. The molecule has 10 heteroatoms. The number of benzene rings is 2. The minimum Gasteiger partial charge on any atom is -0.357 e. The highest BCUT2D eigenvalue weighted by Gasteiger charge is 2.31. The van der Waals surface area contributed by atoms with Crippen molar-refractivity contribution in [2.24, 2.45) is 0 Å². The van der Waals surface area contributed by atoms with Crippen LogP contribution in [-0.2, 0) is 26.2 Å². The molecule has 2 rings (SSSR count). The van der Waals surface area contributed by atoms with Gasteiger partial charge in [0.25, 0.3) is 0 Å². The smallest absolute Gasteiger partial charge is 0.243 e. The summed E-state index contributed by atoms with van der Waals surface area (Å²) >= 11 is 5.82. The molecule has 2 aromatic rings. The van der Waals surface area contributed by atoms with Crippen LogP contribution in [0.2, 0.25) is 5.02 Å². The van der Waals surface area contributed by atoms with E-state index < -0.39 is 34.3 Å². The molecule has 7 nitrogen and oxygen atoms in total. The van der Waals surface area contributed by atoms with Crippen LogP contribution >= 0.6 is 11.6 Å². The third-order valence-corrected chi connectivity index (χ3v) is 6.85. The Morgan fingerprint density at radius 1 is 1.10 bits per heavy atom. The zero-order valence-electron chi connectivity index (χ0n) is 17.5. The number of amides is 2. The summed E-state index contributed by atoms with van der Waals surface area (Å²) in [6, 6.07) is 10.3. The summed E-state index contributed by atoms with van der Waals surface area (Å²) in [6.45, 7) is 1.30. The third kappa shape index (κ3) is 6.25. The van der Waals surface area contributed by atoms with Crippen molar-refractivity contribution in [3.8, 4) is 0 Å². The molecule has 0 bridgehead atoms. The molecule has 0 heterocycles. The number of hydrogen-bond acceptors (Lipinski definition) is 4. The molecule has 168 valence electrons. The van der Waals surface area contributed by atoms with E-state index in [4.69, 9.17) is 11.6 Å². The molecule has 0 aliphatic heterocycles. The van der Waals surface area contributed by atoms with Gasteiger partial charge >= 0.3 is 0 Å². The highest BCUT2D eigenvalue weighted by Crippen LogP contribution is 2.19. The number of nitrogens with zero attached hydrogens (tertiary/aromatic N) is 2.